The van der Waals surface area contributed by atoms with Crippen molar-refractivity contribution in [1.82, 2.24) is 5.16 Å². The van der Waals surface area contributed by atoms with E-state index in [1.807, 2.05) is 25.1 Å². The monoisotopic (exact) mass is 233 g/mol. The second kappa shape index (κ2) is 3.87. The number of hydrogen-bond acceptors (Lipinski definition) is 3. The third kappa shape index (κ3) is 2.16. The van der Waals surface area contributed by atoms with Gasteiger partial charge in [0.2, 0.25) is 0 Å². The number of fused-ring (bicyclic) bond motifs is 1. The molecule has 4 heteroatoms. The number of aliphatic carboxylic acids is 1. The van der Waals surface area contributed by atoms with Crippen LogP contribution in [-0.4, -0.2) is 16.2 Å². The molecule has 17 heavy (non-hydrogen) atoms. The van der Waals surface area contributed by atoms with Crippen molar-refractivity contribution in [2.75, 3.05) is 0 Å². The fraction of sp³-hybridized carbons (Fsp3) is 0.385. The Kier molecular flexibility index (Phi) is 2.65. The third-order valence-electron chi connectivity index (χ3n) is 2.94. The average molecular weight is 233 g/mol. The fourth-order valence-corrected chi connectivity index (χ4v) is 1.80. The van der Waals surface area contributed by atoms with E-state index >= 15 is 0 Å². The molecule has 0 bridgehead atoms. The molecule has 1 aromatic heterocycles. The van der Waals surface area contributed by atoms with Gasteiger partial charge in [0.15, 0.2) is 5.58 Å². The van der Waals surface area contributed by atoms with Gasteiger partial charge in [-0.25, -0.2) is 0 Å². The maximum atomic E-state index is 11.1. The number of carbonyl (C=O) groups is 1. The fourth-order valence-electron chi connectivity index (χ4n) is 1.80. The van der Waals surface area contributed by atoms with Crippen molar-refractivity contribution in [2.45, 2.75) is 27.2 Å². The Morgan fingerprint density at radius 3 is 2.82 bits per heavy atom. The Morgan fingerprint density at radius 2 is 2.18 bits per heavy atom. The van der Waals surface area contributed by atoms with Crippen LogP contribution in [0.25, 0.3) is 11.0 Å². The number of hydrogen-bond donors (Lipinski definition) is 1. The standard InChI is InChI=1S/C13H15NO3/c1-8-10-6-9(4-5-11(10)17-14-8)7-13(2,3)12(15)16/h4-6H,7H2,1-3H3,(H,15,16). The Bertz CT molecular complexity index is 569. The highest BCUT2D eigenvalue weighted by Crippen LogP contribution is 2.25. The highest BCUT2D eigenvalue weighted by Gasteiger charge is 2.27. The number of aryl methyl sites for hydroxylation is 1. The smallest absolute Gasteiger partial charge is 0.309 e. The van der Waals surface area contributed by atoms with Gasteiger partial charge in [-0.05, 0) is 44.9 Å². The van der Waals surface area contributed by atoms with Crippen LogP contribution >= 0.6 is 0 Å². The molecule has 0 aliphatic carbocycles. The summed E-state index contributed by atoms with van der Waals surface area (Å²) < 4.78 is 5.11. The van der Waals surface area contributed by atoms with Gasteiger partial charge in [-0.2, -0.15) is 0 Å². The number of nitrogens with zero attached hydrogens (tertiary/aromatic N) is 1. The summed E-state index contributed by atoms with van der Waals surface area (Å²) >= 11 is 0. The molecular weight excluding hydrogens is 218 g/mol. The van der Waals surface area contributed by atoms with Crippen LogP contribution < -0.4 is 0 Å². The van der Waals surface area contributed by atoms with Crippen molar-refractivity contribution in [3.05, 3.63) is 29.5 Å². The van der Waals surface area contributed by atoms with E-state index in [-0.39, 0.29) is 0 Å². The number of carboxylic acid groups (broad SMARTS) is 1. The van der Waals surface area contributed by atoms with E-state index in [1.54, 1.807) is 13.8 Å². The van der Waals surface area contributed by atoms with Crippen LogP contribution in [0.1, 0.15) is 25.1 Å². The van der Waals surface area contributed by atoms with Gasteiger partial charge in [-0.1, -0.05) is 11.2 Å². The van der Waals surface area contributed by atoms with Crippen LogP contribution in [0, 0.1) is 12.3 Å². The van der Waals surface area contributed by atoms with E-state index in [2.05, 4.69) is 5.16 Å². The molecule has 0 unspecified atom stereocenters. The Hall–Kier alpha value is -1.84. The zero-order valence-electron chi connectivity index (χ0n) is 10.2. The van der Waals surface area contributed by atoms with Gasteiger partial charge in [-0.3, -0.25) is 4.79 Å². The minimum absolute atomic E-state index is 0.489. The normalized spacial score (nSPS) is 11.9. The molecule has 0 aliphatic rings. The lowest BCUT2D eigenvalue weighted by Crippen LogP contribution is -2.26. The van der Waals surface area contributed by atoms with Crippen molar-refractivity contribution in [3.63, 3.8) is 0 Å². The molecule has 0 saturated carbocycles. The summed E-state index contributed by atoms with van der Waals surface area (Å²) in [5.41, 5.74) is 1.78. The Morgan fingerprint density at radius 1 is 1.47 bits per heavy atom. The van der Waals surface area contributed by atoms with Gasteiger partial charge in [0.05, 0.1) is 11.1 Å². The Balaban J connectivity index is 2.37. The maximum absolute atomic E-state index is 11.1. The first-order valence-corrected chi connectivity index (χ1v) is 5.48. The van der Waals surface area contributed by atoms with E-state index in [0.717, 1.165) is 22.2 Å². The number of aromatic nitrogens is 1. The molecule has 4 nitrogen and oxygen atoms in total. The molecule has 0 amide bonds. The number of rotatable bonds is 3. The first-order valence-electron chi connectivity index (χ1n) is 5.48. The highest BCUT2D eigenvalue weighted by molar-refractivity contribution is 5.80. The summed E-state index contributed by atoms with van der Waals surface area (Å²) in [7, 11) is 0. The van der Waals surface area contributed by atoms with Crippen LogP contribution in [-0.2, 0) is 11.2 Å². The summed E-state index contributed by atoms with van der Waals surface area (Å²) in [4.78, 5) is 11.1. The van der Waals surface area contributed by atoms with E-state index in [9.17, 15) is 4.79 Å². The van der Waals surface area contributed by atoms with Gasteiger partial charge < -0.3 is 9.63 Å². The van der Waals surface area contributed by atoms with Gasteiger partial charge in [0.1, 0.15) is 0 Å². The topological polar surface area (TPSA) is 63.3 Å². The van der Waals surface area contributed by atoms with Crippen molar-refractivity contribution in [2.24, 2.45) is 5.41 Å². The van der Waals surface area contributed by atoms with Gasteiger partial charge in [0.25, 0.3) is 0 Å². The lowest BCUT2D eigenvalue weighted by molar-refractivity contribution is -0.146. The lowest BCUT2D eigenvalue weighted by Gasteiger charge is -2.18. The van der Waals surface area contributed by atoms with Gasteiger partial charge in [-0.15, -0.1) is 0 Å². The number of carboxylic acids is 1. The predicted octanol–water partition coefficient (Wildman–Crippen LogP) is 2.79. The molecule has 2 aromatic rings. The molecule has 0 aliphatic heterocycles. The second-order valence-electron chi connectivity index (χ2n) is 4.96. The summed E-state index contributed by atoms with van der Waals surface area (Å²) in [6.07, 6.45) is 0.489. The molecule has 1 aromatic carbocycles. The van der Waals surface area contributed by atoms with E-state index in [0.29, 0.717) is 6.42 Å². The highest BCUT2D eigenvalue weighted by atomic mass is 16.5. The average Bonchev–Trinajstić information content (AvgIpc) is 2.60. The van der Waals surface area contributed by atoms with E-state index in [1.165, 1.54) is 0 Å². The van der Waals surface area contributed by atoms with Crippen molar-refractivity contribution in [3.8, 4) is 0 Å². The SMILES string of the molecule is Cc1noc2ccc(CC(C)(C)C(=O)O)cc12. The van der Waals surface area contributed by atoms with Crippen LogP contribution in [0.2, 0.25) is 0 Å². The van der Waals surface area contributed by atoms with Crippen molar-refractivity contribution < 1.29 is 14.4 Å². The maximum Gasteiger partial charge on any atom is 0.309 e. The van der Waals surface area contributed by atoms with Crippen molar-refractivity contribution in [1.29, 1.82) is 0 Å². The minimum Gasteiger partial charge on any atom is -0.481 e. The number of benzene rings is 1. The molecule has 1 N–H and O–H groups in total. The molecule has 90 valence electrons. The summed E-state index contributed by atoms with van der Waals surface area (Å²) in [5, 5.41) is 13.9. The third-order valence-corrected chi connectivity index (χ3v) is 2.94. The van der Waals surface area contributed by atoms with Crippen LogP contribution in [0.5, 0.6) is 0 Å². The van der Waals surface area contributed by atoms with E-state index in [4.69, 9.17) is 9.63 Å². The summed E-state index contributed by atoms with van der Waals surface area (Å²) in [6.45, 7) is 5.32. The largest absolute Gasteiger partial charge is 0.481 e. The summed E-state index contributed by atoms with van der Waals surface area (Å²) in [6, 6.07) is 5.67. The van der Waals surface area contributed by atoms with Gasteiger partial charge >= 0.3 is 5.97 Å². The van der Waals surface area contributed by atoms with Crippen LogP contribution in [0.3, 0.4) is 0 Å². The zero-order valence-corrected chi connectivity index (χ0v) is 10.2. The zero-order chi connectivity index (χ0) is 12.6. The molecule has 2 rings (SSSR count). The van der Waals surface area contributed by atoms with Gasteiger partial charge in [0, 0.05) is 5.39 Å². The molecular formula is C13H15NO3. The van der Waals surface area contributed by atoms with Crippen molar-refractivity contribution >= 4 is 16.9 Å². The Labute approximate surface area is 99.2 Å². The van der Waals surface area contributed by atoms with Crippen LogP contribution in [0.15, 0.2) is 22.7 Å². The molecule has 0 fully saturated rings. The first-order chi connectivity index (χ1) is 7.90. The minimum atomic E-state index is -0.792. The van der Waals surface area contributed by atoms with E-state index < -0.39 is 11.4 Å². The van der Waals surface area contributed by atoms with Crippen LogP contribution in [0.4, 0.5) is 0 Å². The quantitative estimate of drug-likeness (QED) is 0.885. The molecule has 0 atom stereocenters. The molecule has 0 saturated heterocycles. The second-order valence-corrected chi connectivity index (χ2v) is 4.96. The molecule has 0 spiro atoms. The molecule has 1 heterocycles. The lowest BCUT2D eigenvalue weighted by atomic mass is 9.85. The molecule has 0 radical (unpaired) electrons. The summed E-state index contributed by atoms with van der Waals surface area (Å²) in [5.74, 6) is -0.792. The predicted molar refractivity (Wildman–Crippen MR) is 63.9 cm³/mol. The first kappa shape index (κ1) is 11.6.